The first kappa shape index (κ1) is 29.4. The molecule has 42 heavy (non-hydrogen) atoms. The van der Waals surface area contributed by atoms with E-state index in [1.54, 1.807) is 7.05 Å². The molecule has 220 valence electrons. The number of rotatable bonds is 11. The van der Waals surface area contributed by atoms with Crippen molar-refractivity contribution in [3.8, 4) is 0 Å². The van der Waals surface area contributed by atoms with Gasteiger partial charge in [0.2, 0.25) is 11.8 Å². The van der Waals surface area contributed by atoms with Gasteiger partial charge in [0.1, 0.15) is 6.04 Å². The molecule has 2 heterocycles. The molecule has 7 nitrogen and oxygen atoms in total. The highest BCUT2D eigenvalue weighted by molar-refractivity contribution is 5.91. The van der Waals surface area contributed by atoms with Crippen LogP contribution >= 0.6 is 0 Å². The van der Waals surface area contributed by atoms with Crippen LogP contribution in [0.1, 0.15) is 42.0 Å². The van der Waals surface area contributed by atoms with E-state index in [1.165, 1.54) is 22.4 Å². The van der Waals surface area contributed by atoms with Gasteiger partial charge in [0.15, 0.2) is 0 Å². The lowest BCUT2D eigenvalue weighted by Crippen LogP contribution is -2.54. The van der Waals surface area contributed by atoms with Crippen molar-refractivity contribution in [3.05, 3.63) is 101 Å². The average molecular weight is 566 g/mol. The fourth-order valence-corrected chi connectivity index (χ4v) is 6.27. The Kier molecular flexibility index (Phi) is 9.59. The van der Waals surface area contributed by atoms with Gasteiger partial charge in [0.25, 0.3) is 0 Å². The molecule has 2 unspecified atom stereocenters. The van der Waals surface area contributed by atoms with E-state index < -0.39 is 6.04 Å². The van der Waals surface area contributed by atoms with Crippen molar-refractivity contribution in [3.63, 3.8) is 0 Å². The second-order valence-corrected chi connectivity index (χ2v) is 11.2. The Morgan fingerprint density at radius 3 is 2.31 bits per heavy atom. The van der Waals surface area contributed by atoms with Crippen molar-refractivity contribution < 1.29 is 9.59 Å². The molecule has 3 N–H and O–H groups in total. The molecule has 1 saturated heterocycles. The van der Waals surface area contributed by atoms with Crippen molar-refractivity contribution in [2.45, 2.75) is 45.1 Å². The zero-order chi connectivity index (χ0) is 29.5. The Hall–Kier alpha value is -4.10. The molecule has 7 heteroatoms. The molecule has 1 fully saturated rings. The summed E-state index contributed by atoms with van der Waals surface area (Å²) in [6.45, 7) is 7.94. The van der Waals surface area contributed by atoms with Gasteiger partial charge in [-0.3, -0.25) is 14.5 Å². The van der Waals surface area contributed by atoms with Gasteiger partial charge >= 0.3 is 0 Å². The van der Waals surface area contributed by atoms with Gasteiger partial charge in [-0.15, -0.1) is 0 Å². The van der Waals surface area contributed by atoms with Crippen LogP contribution in [0, 0.1) is 0 Å². The topological polar surface area (TPSA) is 80.5 Å². The maximum atomic E-state index is 13.5. The van der Waals surface area contributed by atoms with E-state index in [0.717, 1.165) is 55.5 Å². The second-order valence-electron chi connectivity index (χ2n) is 11.2. The van der Waals surface area contributed by atoms with E-state index in [-0.39, 0.29) is 24.3 Å². The number of fused-ring (bicyclic) bond motifs is 1. The van der Waals surface area contributed by atoms with Crippen LogP contribution in [0.5, 0.6) is 0 Å². The van der Waals surface area contributed by atoms with Crippen LogP contribution in [-0.4, -0.2) is 67.5 Å². The number of carbonyl (C=O) groups is 2. The summed E-state index contributed by atoms with van der Waals surface area (Å²) in [5.74, 6) is -0.567. The first-order chi connectivity index (χ1) is 20.5. The number of aryl methyl sites for hydroxylation is 2. The summed E-state index contributed by atoms with van der Waals surface area (Å²) in [4.78, 5) is 34.9. The number of likely N-dealkylation sites (N-methyl/N-ethyl adjacent to an activating group) is 1. The normalized spacial score (nSPS) is 15.4. The average Bonchev–Trinajstić information content (AvgIpc) is 3.47. The maximum Gasteiger partial charge on any atom is 0.242 e. The lowest BCUT2D eigenvalue weighted by atomic mass is 9.84. The number of carbonyl (C=O) groups excluding carboxylic acids is 2. The molecule has 5 rings (SSSR count). The summed E-state index contributed by atoms with van der Waals surface area (Å²) in [6.07, 6.45) is 4.59. The highest BCUT2D eigenvalue weighted by Gasteiger charge is 2.33. The van der Waals surface area contributed by atoms with Crippen LogP contribution in [0.15, 0.2) is 79.0 Å². The zero-order valence-electron chi connectivity index (χ0n) is 25.0. The van der Waals surface area contributed by atoms with Gasteiger partial charge in [0.05, 0.1) is 6.54 Å². The lowest BCUT2D eigenvalue weighted by molar-refractivity contribution is -0.129. The van der Waals surface area contributed by atoms with Gasteiger partial charge in [-0.2, -0.15) is 0 Å². The molecule has 0 spiro atoms. The molecule has 0 radical (unpaired) electrons. The molecule has 0 aliphatic carbocycles. The number of hydrogen-bond acceptors (Lipinski definition) is 4. The number of nitrogens with zero attached hydrogens (tertiary/aromatic N) is 2. The van der Waals surface area contributed by atoms with Gasteiger partial charge in [-0.05, 0) is 59.7 Å². The van der Waals surface area contributed by atoms with Gasteiger partial charge in [0, 0.05) is 61.9 Å². The van der Waals surface area contributed by atoms with Crippen LogP contribution in [0.25, 0.3) is 10.9 Å². The molecule has 1 aliphatic rings. The molecular formula is C35H43N5O2. The molecule has 3 aromatic carbocycles. The highest BCUT2D eigenvalue weighted by Crippen LogP contribution is 2.32. The number of para-hydroxylation sites is 2. The number of amides is 2. The number of aromatic nitrogens is 1. The van der Waals surface area contributed by atoms with Crippen LogP contribution in [-0.2, 0) is 28.9 Å². The molecule has 0 bridgehead atoms. The predicted octanol–water partition coefficient (Wildman–Crippen LogP) is 4.67. The monoisotopic (exact) mass is 565 g/mol. The van der Waals surface area contributed by atoms with E-state index in [1.807, 2.05) is 30.5 Å². The van der Waals surface area contributed by atoms with Crippen LogP contribution in [0.4, 0.5) is 5.69 Å². The summed E-state index contributed by atoms with van der Waals surface area (Å²) in [5.41, 5.74) is 7.12. The minimum Gasteiger partial charge on any atom is -0.369 e. The first-order valence-electron chi connectivity index (χ1n) is 15.2. The third kappa shape index (κ3) is 6.68. The fourth-order valence-electron chi connectivity index (χ4n) is 6.27. The van der Waals surface area contributed by atoms with Gasteiger partial charge < -0.3 is 20.5 Å². The summed E-state index contributed by atoms with van der Waals surface area (Å²) in [7, 11) is 1.64. The molecule has 1 aromatic heterocycles. The zero-order valence-corrected chi connectivity index (χ0v) is 25.0. The Morgan fingerprint density at radius 2 is 1.60 bits per heavy atom. The van der Waals surface area contributed by atoms with E-state index in [9.17, 15) is 9.59 Å². The van der Waals surface area contributed by atoms with Crippen LogP contribution in [0.2, 0.25) is 0 Å². The van der Waals surface area contributed by atoms with E-state index >= 15 is 0 Å². The fraction of sp³-hybridized carbons (Fsp3) is 0.371. The third-order valence-corrected chi connectivity index (χ3v) is 8.62. The maximum absolute atomic E-state index is 13.5. The van der Waals surface area contributed by atoms with E-state index in [0.29, 0.717) is 6.42 Å². The number of hydrogen-bond donors (Lipinski definition) is 3. The molecule has 4 aromatic rings. The lowest BCUT2D eigenvalue weighted by Gasteiger charge is -2.36. The SMILES string of the molecule is CCc1ccc(CC(c2c[nH]c3ccccc23)C(NC(=O)CN2CCN(c3ccccc3)CC2)C(=O)NC)cc1CC. The Balaban J connectivity index is 1.37. The van der Waals surface area contributed by atoms with Crippen molar-refractivity contribution in [1.29, 1.82) is 0 Å². The van der Waals surface area contributed by atoms with Crippen molar-refractivity contribution in [2.75, 3.05) is 44.7 Å². The molecule has 2 amide bonds. The number of H-pyrrole nitrogens is 1. The van der Waals surface area contributed by atoms with Crippen molar-refractivity contribution in [2.24, 2.45) is 0 Å². The third-order valence-electron chi connectivity index (χ3n) is 8.62. The van der Waals surface area contributed by atoms with Gasteiger partial charge in [-0.1, -0.05) is 68.4 Å². The number of anilines is 1. The van der Waals surface area contributed by atoms with Crippen molar-refractivity contribution >= 4 is 28.4 Å². The number of piperazine rings is 1. The van der Waals surface area contributed by atoms with Crippen LogP contribution < -0.4 is 15.5 Å². The Bertz CT molecular complexity index is 1490. The standard InChI is InChI=1S/C35H43N5O2/c1-4-26-16-15-25(21-27(26)5-2)22-30(31-23-37-32-14-10-9-13-29(31)32)34(35(42)36-3)38-33(41)24-39-17-19-40(20-18-39)28-11-7-6-8-12-28/h6-16,21,23,30,34,37H,4-5,17-20,22,24H2,1-3H3,(H,36,42)(H,38,41). The summed E-state index contributed by atoms with van der Waals surface area (Å²) in [5, 5.41) is 7.07. The second kappa shape index (κ2) is 13.7. The molecule has 2 atom stereocenters. The first-order valence-corrected chi connectivity index (χ1v) is 15.2. The molecule has 0 saturated carbocycles. The smallest absolute Gasteiger partial charge is 0.242 e. The summed E-state index contributed by atoms with van der Waals surface area (Å²) in [6, 6.07) is 24.5. The largest absolute Gasteiger partial charge is 0.369 e. The molecular weight excluding hydrogens is 522 g/mol. The van der Waals surface area contributed by atoms with Crippen molar-refractivity contribution in [1.82, 2.24) is 20.5 Å². The quantitative estimate of drug-likeness (QED) is 0.247. The number of nitrogens with one attached hydrogen (secondary N) is 3. The Morgan fingerprint density at radius 1 is 0.881 bits per heavy atom. The minimum atomic E-state index is -0.719. The summed E-state index contributed by atoms with van der Waals surface area (Å²) < 4.78 is 0. The minimum absolute atomic E-state index is 0.128. The summed E-state index contributed by atoms with van der Waals surface area (Å²) >= 11 is 0. The van der Waals surface area contributed by atoms with E-state index in [2.05, 4.69) is 87.8 Å². The number of aromatic amines is 1. The highest BCUT2D eigenvalue weighted by atomic mass is 16.2. The van der Waals surface area contributed by atoms with E-state index in [4.69, 9.17) is 0 Å². The predicted molar refractivity (Wildman–Crippen MR) is 171 cm³/mol. The number of benzene rings is 3. The van der Waals surface area contributed by atoms with Gasteiger partial charge in [-0.25, -0.2) is 0 Å². The molecule has 1 aliphatic heterocycles. The van der Waals surface area contributed by atoms with Crippen LogP contribution in [0.3, 0.4) is 0 Å². The Labute approximate surface area is 249 Å².